The summed E-state index contributed by atoms with van der Waals surface area (Å²) in [7, 11) is 3.28. The van der Waals surface area contributed by atoms with E-state index in [2.05, 4.69) is 45.2 Å². The quantitative estimate of drug-likeness (QED) is 0.184. The van der Waals surface area contributed by atoms with E-state index < -0.39 is 96.3 Å². The second-order valence-corrected chi connectivity index (χ2v) is 20.3. The van der Waals surface area contributed by atoms with E-state index in [1.54, 1.807) is 33.3 Å². The minimum absolute atomic E-state index is 0.0258. The van der Waals surface area contributed by atoms with Gasteiger partial charge in [-0.05, 0) is 69.8 Å². The minimum atomic E-state index is -1.84. The number of rotatable bonds is 9. The van der Waals surface area contributed by atoms with E-state index in [1.165, 1.54) is 6.92 Å². The number of carbonyl (C=O) groups excluding carboxylic acids is 2. The van der Waals surface area contributed by atoms with Gasteiger partial charge in [0.1, 0.15) is 35.9 Å². The highest BCUT2D eigenvalue weighted by molar-refractivity contribution is 5.78. The van der Waals surface area contributed by atoms with Gasteiger partial charge in [-0.2, -0.15) is 0 Å². The standard InChI is InChI=1S/C51H77NO14/c1-13-27(2)45-30(5)19-20-50(66-45)25-37-22-36(65-50)18-17-29(4)44(28(3)15-14-16-35-26-59-47-43(54)31(6)21-38(48(55)62-37)51(35,47)56)63-41-23-39(57-11)46(32(7)60-41)64-42-24-40(58-12)49(10,33(8)61-42)52-34(9)53/h14-17,19-21,27-28,30,32-33,36-47,54,56H,13,18,22-26H2,1-12H3,(H,52,53)/b15-14+,29-17+,35-16+/t27?,28?,30-,32-,33-,36+,37-,38-,39-,40-,41?,42?,43+,44-,45+,46-,47+,49-,50+,51+/m0/s1. The van der Waals surface area contributed by atoms with Crippen LogP contribution >= 0.6 is 0 Å². The van der Waals surface area contributed by atoms with Crippen LogP contribution in [0.2, 0.25) is 0 Å². The van der Waals surface area contributed by atoms with E-state index in [0.29, 0.717) is 36.8 Å². The van der Waals surface area contributed by atoms with Crippen LogP contribution in [-0.2, 0) is 57.0 Å². The van der Waals surface area contributed by atoms with Crippen molar-refractivity contribution in [3.63, 3.8) is 0 Å². The molecule has 7 rings (SSSR count). The second kappa shape index (κ2) is 20.7. The molecular weight excluding hydrogens is 851 g/mol. The van der Waals surface area contributed by atoms with Gasteiger partial charge in [0.25, 0.3) is 0 Å². The van der Waals surface area contributed by atoms with Crippen LogP contribution in [0.3, 0.4) is 0 Å². The molecule has 15 nitrogen and oxygen atoms in total. The summed E-state index contributed by atoms with van der Waals surface area (Å²) >= 11 is 0. The molecule has 1 aliphatic carbocycles. The molecule has 1 spiro atoms. The van der Waals surface area contributed by atoms with E-state index in [0.717, 1.165) is 12.0 Å². The Kier molecular flexibility index (Phi) is 16.0. The molecule has 7 aliphatic rings. The molecule has 4 saturated heterocycles. The number of methoxy groups -OCH3 is 2. The first-order chi connectivity index (χ1) is 31.2. The molecule has 1 amide bonds. The Balaban J connectivity index is 1.16. The zero-order valence-corrected chi connectivity index (χ0v) is 41.1. The van der Waals surface area contributed by atoms with Gasteiger partial charge in [0.2, 0.25) is 5.91 Å². The number of aliphatic hydroxyl groups excluding tert-OH is 1. The van der Waals surface area contributed by atoms with Gasteiger partial charge in [0.15, 0.2) is 18.4 Å². The lowest BCUT2D eigenvalue weighted by Crippen LogP contribution is -2.66. The number of aliphatic hydroxyl groups is 2. The number of esters is 1. The molecule has 0 aromatic heterocycles. The smallest absolute Gasteiger partial charge is 0.316 e. The molecular formula is C51H77NO14. The largest absolute Gasteiger partial charge is 0.462 e. The number of hydrogen-bond acceptors (Lipinski definition) is 14. The lowest BCUT2D eigenvalue weighted by molar-refractivity contribution is -0.317. The average molecular weight is 928 g/mol. The first-order valence-electron chi connectivity index (χ1n) is 24.2. The van der Waals surface area contributed by atoms with Crippen molar-refractivity contribution in [1.29, 1.82) is 0 Å². The molecule has 370 valence electrons. The number of carbonyl (C=O) groups is 2. The van der Waals surface area contributed by atoms with Crippen molar-refractivity contribution in [2.75, 3.05) is 20.8 Å². The first-order valence-corrected chi connectivity index (χ1v) is 24.2. The Morgan fingerprint density at radius 2 is 1.71 bits per heavy atom. The van der Waals surface area contributed by atoms with Crippen molar-refractivity contribution in [2.45, 2.75) is 204 Å². The second-order valence-electron chi connectivity index (χ2n) is 20.3. The van der Waals surface area contributed by atoms with Crippen LogP contribution in [0.25, 0.3) is 0 Å². The Hall–Kier alpha value is -2.80. The molecule has 66 heavy (non-hydrogen) atoms. The highest BCUT2D eigenvalue weighted by Gasteiger charge is 2.60. The number of fused-ring (bicyclic) bond motifs is 2. The zero-order chi connectivity index (χ0) is 47.9. The third-order valence-corrected chi connectivity index (χ3v) is 15.6. The van der Waals surface area contributed by atoms with Crippen molar-refractivity contribution in [3.8, 4) is 0 Å². The highest BCUT2D eigenvalue weighted by Crippen LogP contribution is 2.47. The van der Waals surface area contributed by atoms with Crippen LogP contribution in [0.1, 0.15) is 108 Å². The van der Waals surface area contributed by atoms with Crippen molar-refractivity contribution in [3.05, 3.63) is 59.3 Å². The van der Waals surface area contributed by atoms with Crippen LogP contribution < -0.4 is 5.32 Å². The van der Waals surface area contributed by atoms with Gasteiger partial charge in [-0.1, -0.05) is 70.6 Å². The fourth-order valence-electron chi connectivity index (χ4n) is 11.3. The summed E-state index contributed by atoms with van der Waals surface area (Å²) in [5.74, 6) is -2.78. The van der Waals surface area contributed by atoms with E-state index >= 15 is 0 Å². The monoisotopic (exact) mass is 928 g/mol. The molecule has 0 saturated carbocycles. The van der Waals surface area contributed by atoms with Gasteiger partial charge in [-0.25, -0.2) is 0 Å². The molecule has 20 atom stereocenters. The molecule has 0 aromatic carbocycles. The lowest BCUT2D eigenvalue weighted by atomic mass is 9.71. The summed E-state index contributed by atoms with van der Waals surface area (Å²) in [6.07, 6.45) is 9.26. The molecule has 2 bridgehead atoms. The summed E-state index contributed by atoms with van der Waals surface area (Å²) in [5, 5.41) is 26.8. The van der Waals surface area contributed by atoms with Gasteiger partial charge in [0.05, 0.1) is 54.9 Å². The molecule has 0 radical (unpaired) electrons. The number of allylic oxidation sites excluding steroid dienone is 2. The first kappa shape index (κ1) is 51.1. The number of nitrogens with one attached hydrogen (secondary N) is 1. The number of ether oxygens (including phenoxy) is 10. The van der Waals surface area contributed by atoms with Crippen molar-refractivity contribution in [2.24, 2.45) is 23.7 Å². The van der Waals surface area contributed by atoms with Crippen molar-refractivity contribution >= 4 is 11.9 Å². The van der Waals surface area contributed by atoms with Crippen LogP contribution in [0.4, 0.5) is 0 Å². The van der Waals surface area contributed by atoms with Gasteiger partial charge in [0, 0.05) is 58.7 Å². The van der Waals surface area contributed by atoms with Gasteiger partial charge < -0.3 is 62.9 Å². The third kappa shape index (κ3) is 10.2. The van der Waals surface area contributed by atoms with Gasteiger partial charge in [-0.3, -0.25) is 9.59 Å². The number of hydrogen-bond donors (Lipinski definition) is 3. The van der Waals surface area contributed by atoms with E-state index in [1.807, 2.05) is 45.9 Å². The maximum atomic E-state index is 14.4. The Morgan fingerprint density at radius 3 is 2.41 bits per heavy atom. The Bertz CT molecular complexity index is 1900. The molecule has 4 unspecified atom stereocenters. The zero-order valence-electron chi connectivity index (χ0n) is 41.1. The molecule has 6 heterocycles. The van der Waals surface area contributed by atoms with E-state index in [-0.39, 0.29) is 48.9 Å². The normalized spacial score (nSPS) is 47.9. The Morgan fingerprint density at radius 1 is 0.970 bits per heavy atom. The molecule has 0 aromatic rings. The fourth-order valence-corrected chi connectivity index (χ4v) is 11.3. The van der Waals surface area contributed by atoms with Gasteiger partial charge >= 0.3 is 5.97 Å². The minimum Gasteiger partial charge on any atom is -0.462 e. The SMILES string of the molecule is CCC(C)[C@H]1O[C@]2(C=C[C@@H]1C)C[C@@H]1C[C@@H](C/C=C(\C)[C@@H](OC3C[C@H](OC)[C@@H](OC4C[C@H](OC)[C@@](C)(NC(C)=O)[C@H](C)O4)[C@H](C)O3)C(C)/C=C/C=C3\CO[C@@H]4[C@H](O)C(C)=C[C@@H](C(=O)O1)[C@]34O)O2. The summed E-state index contributed by atoms with van der Waals surface area (Å²) < 4.78 is 64.7. The molecule has 15 heteroatoms. The highest BCUT2D eigenvalue weighted by atomic mass is 16.7. The fraction of sp³-hybridized carbons (Fsp3) is 0.765. The van der Waals surface area contributed by atoms with Crippen LogP contribution in [-0.4, -0.2) is 140 Å². The summed E-state index contributed by atoms with van der Waals surface area (Å²) in [5.41, 5.74) is -0.633. The summed E-state index contributed by atoms with van der Waals surface area (Å²) in [6.45, 7) is 19.6. The number of amides is 1. The van der Waals surface area contributed by atoms with E-state index in [9.17, 15) is 19.8 Å². The average Bonchev–Trinajstić information content (AvgIpc) is 3.61. The predicted octanol–water partition coefficient (Wildman–Crippen LogP) is 5.91. The van der Waals surface area contributed by atoms with E-state index in [4.69, 9.17) is 47.4 Å². The Labute approximate surface area is 391 Å². The maximum absolute atomic E-state index is 14.4. The molecule has 6 aliphatic heterocycles. The summed E-state index contributed by atoms with van der Waals surface area (Å²) in [4.78, 5) is 26.5. The van der Waals surface area contributed by atoms with Crippen LogP contribution in [0.15, 0.2) is 59.3 Å². The summed E-state index contributed by atoms with van der Waals surface area (Å²) in [6, 6.07) is 0. The lowest BCUT2D eigenvalue weighted by Gasteiger charge is -2.49. The third-order valence-electron chi connectivity index (χ3n) is 15.6. The van der Waals surface area contributed by atoms with Crippen molar-refractivity contribution < 1.29 is 67.2 Å². The van der Waals surface area contributed by atoms with Crippen LogP contribution in [0, 0.1) is 23.7 Å². The van der Waals surface area contributed by atoms with Crippen molar-refractivity contribution in [1.82, 2.24) is 5.32 Å². The predicted molar refractivity (Wildman–Crippen MR) is 244 cm³/mol. The van der Waals surface area contributed by atoms with Gasteiger partial charge in [-0.15, -0.1) is 0 Å². The van der Waals surface area contributed by atoms with Crippen LogP contribution in [0.5, 0.6) is 0 Å². The molecule has 3 N–H and O–H groups in total. The molecule has 4 fully saturated rings. The maximum Gasteiger partial charge on any atom is 0.316 e. The topological polar surface area (TPSA) is 179 Å².